The van der Waals surface area contributed by atoms with Gasteiger partial charge in [-0.3, -0.25) is 4.79 Å². The zero-order valence-electron chi connectivity index (χ0n) is 10.2. The summed E-state index contributed by atoms with van der Waals surface area (Å²) in [6.07, 6.45) is 3.06. The summed E-state index contributed by atoms with van der Waals surface area (Å²) < 4.78 is 1.78. The third kappa shape index (κ3) is 3.42. The molecule has 0 saturated carbocycles. The number of pyridine rings is 1. The van der Waals surface area contributed by atoms with E-state index in [0.717, 1.165) is 26.2 Å². The van der Waals surface area contributed by atoms with Crippen LogP contribution in [-0.4, -0.2) is 33.9 Å². The van der Waals surface area contributed by atoms with Crippen LogP contribution in [0.5, 0.6) is 0 Å². The van der Waals surface area contributed by atoms with Gasteiger partial charge in [0.2, 0.25) is 0 Å². The average Bonchev–Trinajstić information content (AvgIpc) is 2.32. The molecule has 2 rings (SSSR count). The smallest absolute Gasteiger partial charge is 0.250 e. The lowest BCUT2D eigenvalue weighted by Crippen LogP contribution is -2.41. The molecule has 1 aliphatic heterocycles. The van der Waals surface area contributed by atoms with Crippen LogP contribution in [0.3, 0.4) is 0 Å². The van der Waals surface area contributed by atoms with Gasteiger partial charge in [-0.2, -0.15) is 0 Å². The van der Waals surface area contributed by atoms with E-state index in [4.69, 9.17) is 0 Å². The van der Waals surface area contributed by atoms with E-state index < -0.39 is 0 Å². The molecule has 1 saturated heterocycles. The second-order valence-electron chi connectivity index (χ2n) is 4.81. The first-order valence-corrected chi connectivity index (χ1v) is 7.10. The van der Waals surface area contributed by atoms with Crippen molar-refractivity contribution in [2.24, 2.45) is 5.92 Å². The molecule has 2 atom stereocenters. The van der Waals surface area contributed by atoms with Gasteiger partial charge in [-0.25, -0.2) is 0 Å². The van der Waals surface area contributed by atoms with Crippen molar-refractivity contribution in [1.29, 1.82) is 0 Å². The Kier molecular flexibility index (Phi) is 4.40. The Bertz CT molecular complexity index is 418. The molecule has 0 radical (unpaired) electrons. The highest BCUT2D eigenvalue weighted by Gasteiger charge is 2.23. The van der Waals surface area contributed by atoms with Gasteiger partial charge in [-0.15, -0.1) is 0 Å². The summed E-state index contributed by atoms with van der Waals surface area (Å²) in [7, 11) is 0. The molecule has 0 aliphatic carbocycles. The number of alkyl halides is 1. The van der Waals surface area contributed by atoms with E-state index >= 15 is 0 Å². The van der Waals surface area contributed by atoms with Crippen molar-refractivity contribution in [3.63, 3.8) is 0 Å². The van der Waals surface area contributed by atoms with Crippen molar-refractivity contribution < 1.29 is 0 Å². The molecule has 0 bridgehead atoms. The lowest BCUT2D eigenvalue weighted by Gasteiger charge is -2.34. The largest absolute Gasteiger partial charge is 0.314 e. The third-order valence-corrected chi connectivity index (χ3v) is 4.80. The number of rotatable bonds is 3. The predicted octanol–water partition coefficient (Wildman–Crippen LogP) is 1.95. The van der Waals surface area contributed by atoms with Crippen LogP contribution in [0.1, 0.15) is 13.3 Å². The molecule has 1 aromatic heterocycles. The van der Waals surface area contributed by atoms with Crippen LogP contribution in [-0.2, 0) is 6.54 Å². The SMILES string of the molecule is CC1CN(CCn2ccccc2=O)CCC1Br. The standard InChI is InChI=1S/C13H19BrN2O/c1-11-10-15(7-5-12(11)14)8-9-16-6-3-2-4-13(16)17/h2-4,6,11-12H,5,7-10H2,1H3. The molecular weight excluding hydrogens is 280 g/mol. The fourth-order valence-corrected chi connectivity index (χ4v) is 2.67. The van der Waals surface area contributed by atoms with E-state index in [1.54, 1.807) is 16.7 Å². The molecule has 17 heavy (non-hydrogen) atoms. The summed E-state index contributed by atoms with van der Waals surface area (Å²) in [4.78, 5) is 14.6. The predicted molar refractivity (Wildman–Crippen MR) is 73.6 cm³/mol. The molecule has 3 nitrogen and oxygen atoms in total. The monoisotopic (exact) mass is 298 g/mol. The number of nitrogens with zero attached hydrogens (tertiary/aromatic N) is 2. The van der Waals surface area contributed by atoms with Gasteiger partial charge >= 0.3 is 0 Å². The van der Waals surface area contributed by atoms with Crippen LogP contribution in [0.25, 0.3) is 0 Å². The Hall–Kier alpha value is -0.610. The summed E-state index contributed by atoms with van der Waals surface area (Å²) >= 11 is 3.71. The highest BCUT2D eigenvalue weighted by molar-refractivity contribution is 9.09. The quantitative estimate of drug-likeness (QED) is 0.797. The van der Waals surface area contributed by atoms with E-state index in [1.165, 1.54) is 6.42 Å². The average molecular weight is 299 g/mol. The summed E-state index contributed by atoms with van der Waals surface area (Å²) in [5, 5.41) is 0. The molecule has 2 heterocycles. The summed E-state index contributed by atoms with van der Waals surface area (Å²) in [6.45, 7) is 6.28. The van der Waals surface area contributed by atoms with Gasteiger partial charge in [-0.1, -0.05) is 28.9 Å². The molecule has 4 heteroatoms. The molecule has 0 aromatic carbocycles. The van der Waals surface area contributed by atoms with Gasteiger partial charge < -0.3 is 9.47 Å². The van der Waals surface area contributed by atoms with Crippen LogP contribution >= 0.6 is 15.9 Å². The number of likely N-dealkylation sites (tertiary alicyclic amines) is 1. The van der Waals surface area contributed by atoms with E-state index in [9.17, 15) is 4.79 Å². The van der Waals surface area contributed by atoms with Crippen molar-refractivity contribution in [2.75, 3.05) is 19.6 Å². The zero-order chi connectivity index (χ0) is 12.3. The van der Waals surface area contributed by atoms with E-state index in [1.807, 2.05) is 12.3 Å². The minimum absolute atomic E-state index is 0.0934. The Balaban J connectivity index is 1.87. The molecule has 0 spiro atoms. The van der Waals surface area contributed by atoms with Crippen molar-refractivity contribution >= 4 is 15.9 Å². The Morgan fingerprint density at radius 1 is 1.41 bits per heavy atom. The van der Waals surface area contributed by atoms with E-state index in [0.29, 0.717) is 10.7 Å². The number of piperidine rings is 1. The fourth-order valence-electron chi connectivity index (χ4n) is 2.30. The minimum Gasteiger partial charge on any atom is -0.314 e. The van der Waals surface area contributed by atoms with Gasteiger partial charge in [0.05, 0.1) is 0 Å². The van der Waals surface area contributed by atoms with Gasteiger partial charge in [-0.05, 0) is 24.9 Å². The number of halogens is 1. The lowest BCUT2D eigenvalue weighted by atomic mass is 10.0. The summed E-state index contributed by atoms with van der Waals surface area (Å²) in [5.74, 6) is 0.691. The van der Waals surface area contributed by atoms with Gasteiger partial charge in [0.25, 0.3) is 5.56 Å². The van der Waals surface area contributed by atoms with Crippen LogP contribution in [0.15, 0.2) is 29.2 Å². The molecule has 94 valence electrons. The number of aromatic nitrogens is 1. The molecule has 0 amide bonds. The second-order valence-corrected chi connectivity index (χ2v) is 5.99. The molecule has 1 aliphatic rings. The van der Waals surface area contributed by atoms with Crippen LogP contribution < -0.4 is 5.56 Å². The highest BCUT2D eigenvalue weighted by atomic mass is 79.9. The number of hydrogen-bond acceptors (Lipinski definition) is 2. The molecule has 1 aromatic rings. The first-order chi connectivity index (χ1) is 8.16. The minimum atomic E-state index is 0.0934. The Morgan fingerprint density at radius 2 is 2.24 bits per heavy atom. The van der Waals surface area contributed by atoms with Crippen molar-refractivity contribution in [1.82, 2.24) is 9.47 Å². The highest BCUT2D eigenvalue weighted by Crippen LogP contribution is 2.22. The maximum absolute atomic E-state index is 11.5. The molecular formula is C13H19BrN2O. The van der Waals surface area contributed by atoms with Crippen LogP contribution in [0.4, 0.5) is 0 Å². The van der Waals surface area contributed by atoms with Gasteiger partial charge in [0.15, 0.2) is 0 Å². The normalized spacial score (nSPS) is 26.0. The van der Waals surface area contributed by atoms with Crippen LogP contribution in [0.2, 0.25) is 0 Å². The molecule has 1 fully saturated rings. The first kappa shape index (κ1) is 12.8. The summed E-state index contributed by atoms with van der Waals surface area (Å²) in [5.41, 5.74) is 0.0934. The summed E-state index contributed by atoms with van der Waals surface area (Å²) in [6, 6.07) is 5.32. The third-order valence-electron chi connectivity index (χ3n) is 3.44. The Labute approximate surface area is 111 Å². The van der Waals surface area contributed by atoms with E-state index in [2.05, 4.69) is 27.8 Å². The lowest BCUT2D eigenvalue weighted by molar-refractivity contribution is 0.184. The van der Waals surface area contributed by atoms with Crippen molar-refractivity contribution in [3.8, 4) is 0 Å². The van der Waals surface area contributed by atoms with Crippen LogP contribution in [0, 0.1) is 5.92 Å². The topological polar surface area (TPSA) is 25.2 Å². The Morgan fingerprint density at radius 3 is 2.94 bits per heavy atom. The second kappa shape index (κ2) is 5.83. The maximum atomic E-state index is 11.5. The maximum Gasteiger partial charge on any atom is 0.250 e. The van der Waals surface area contributed by atoms with Gasteiger partial charge in [0.1, 0.15) is 0 Å². The van der Waals surface area contributed by atoms with Crippen molar-refractivity contribution in [3.05, 3.63) is 34.7 Å². The van der Waals surface area contributed by atoms with Crippen molar-refractivity contribution in [2.45, 2.75) is 24.7 Å². The zero-order valence-corrected chi connectivity index (χ0v) is 11.8. The number of hydrogen-bond donors (Lipinski definition) is 0. The fraction of sp³-hybridized carbons (Fsp3) is 0.615. The van der Waals surface area contributed by atoms with Gasteiger partial charge in [0, 0.05) is 36.7 Å². The molecule has 0 N–H and O–H groups in total. The van der Waals surface area contributed by atoms with E-state index in [-0.39, 0.29) is 5.56 Å². The molecule has 2 unspecified atom stereocenters. The first-order valence-electron chi connectivity index (χ1n) is 6.18.